The molecule has 0 heterocycles. The Labute approximate surface area is 127 Å². The molecule has 2 bridgehead atoms. The zero-order valence-electron chi connectivity index (χ0n) is 10.7. The Morgan fingerprint density at radius 1 is 1.37 bits per heavy atom. The smallest absolute Gasteiger partial charge is 0.252 e. The van der Waals surface area contributed by atoms with Crippen LogP contribution in [0.2, 0.25) is 5.02 Å². The van der Waals surface area contributed by atoms with Crippen LogP contribution in [0.3, 0.4) is 0 Å². The maximum Gasteiger partial charge on any atom is 0.252 e. The molecule has 1 aromatic rings. The number of amides is 1. The fraction of sp³-hybridized carbons (Fsp3) is 0.533. The lowest BCUT2D eigenvalue weighted by molar-refractivity contribution is 0.0941. The molecule has 0 aliphatic heterocycles. The highest BCUT2D eigenvalue weighted by atomic mass is 79.9. The van der Waals surface area contributed by atoms with Crippen molar-refractivity contribution in [1.29, 1.82) is 0 Å². The zero-order chi connectivity index (χ0) is 13.4. The lowest BCUT2D eigenvalue weighted by Gasteiger charge is -2.21. The maximum atomic E-state index is 12.2. The van der Waals surface area contributed by atoms with E-state index in [-0.39, 0.29) is 5.91 Å². The molecular formula is C15H17BrClNO. The van der Waals surface area contributed by atoms with E-state index < -0.39 is 0 Å². The van der Waals surface area contributed by atoms with E-state index in [1.54, 1.807) is 12.1 Å². The minimum absolute atomic E-state index is 0.0304. The van der Waals surface area contributed by atoms with Gasteiger partial charge < -0.3 is 5.32 Å². The van der Waals surface area contributed by atoms with E-state index in [1.807, 2.05) is 6.07 Å². The van der Waals surface area contributed by atoms with Crippen LogP contribution in [0, 0.1) is 17.8 Å². The number of hydrogen-bond donors (Lipinski definition) is 1. The van der Waals surface area contributed by atoms with Gasteiger partial charge in [-0.05, 0) is 71.1 Å². The van der Waals surface area contributed by atoms with Gasteiger partial charge in [0.15, 0.2) is 0 Å². The molecule has 19 heavy (non-hydrogen) atoms. The van der Waals surface area contributed by atoms with Gasteiger partial charge in [0, 0.05) is 16.0 Å². The summed E-state index contributed by atoms with van der Waals surface area (Å²) in [6.07, 6.45) is 5.42. The predicted octanol–water partition coefficient (Wildman–Crippen LogP) is 4.27. The molecule has 2 aliphatic rings. The fourth-order valence-electron chi connectivity index (χ4n) is 3.62. The maximum absolute atomic E-state index is 12.2. The van der Waals surface area contributed by atoms with Gasteiger partial charge in [0.05, 0.1) is 5.56 Å². The molecule has 1 N–H and O–H groups in total. The van der Waals surface area contributed by atoms with Crippen molar-refractivity contribution in [2.24, 2.45) is 17.8 Å². The van der Waals surface area contributed by atoms with Crippen molar-refractivity contribution >= 4 is 33.4 Å². The van der Waals surface area contributed by atoms with Crippen molar-refractivity contribution in [2.75, 3.05) is 6.54 Å². The number of benzene rings is 1. The number of carbonyl (C=O) groups excluding carboxylic acids is 1. The van der Waals surface area contributed by atoms with Crippen LogP contribution in [-0.4, -0.2) is 12.5 Å². The summed E-state index contributed by atoms with van der Waals surface area (Å²) >= 11 is 9.34. The molecule has 4 heteroatoms. The Balaban J connectivity index is 1.61. The molecule has 102 valence electrons. The Bertz CT molecular complexity index is 505. The van der Waals surface area contributed by atoms with E-state index in [0.29, 0.717) is 16.5 Å². The Morgan fingerprint density at radius 3 is 2.89 bits per heavy atom. The minimum atomic E-state index is -0.0304. The van der Waals surface area contributed by atoms with Crippen molar-refractivity contribution in [2.45, 2.75) is 25.7 Å². The highest BCUT2D eigenvalue weighted by Gasteiger charge is 2.39. The van der Waals surface area contributed by atoms with E-state index in [4.69, 9.17) is 11.6 Å². The molecule has 1 aromatic carbocycles. The van der Waals surface area contributed by atoms with Crippen LogP contribution in [0.5, 0.6) is 0 Å². The lowest BCUT2D eigenvalue weighted by atomic mass is 9.89. The van der Waals surface area contributed by atoms with Crippen LogP contribution in [0.1, 0.15) is 36.0 Å². The molecule has 1 amide bonds. The number of halogens is 2. The van der Waals surface area contributed by atoms with Gasteiger partial charge in [0.2, 0.25) is 0 Å². The Hall–Kier alpha value is -0.540. The minimum Gasteiger partial charge on any atom is -0.352 e. The first-order valence-electron chi connectivity index (χ1n) is 6.86. The highest BCUT2D eigenvalue weighted by Crippen LogP contribution is 2.47. The standard InChI is InChI=1S/C15H17BrClNO/c16-14-4-3-12(17)7-13(14)15(19)18-8-11-6-9-1-2-10(11)5-9/h3-4,7,9-11H,1-2,5-6,8H2,(H,18,19). The van der Waals surface area contributed by atoms with Gasteiger partial charge in [-0.25, -0.2) is 0 Å². The molecule has 0 saturated heterocycles. The van der Waals surface area contributed by atoms with Gasteiger partial charge in [-0.2, -0.15) is 0 Å². The number of fused-ring (bicyclic) bond motifs is 2. The summed E-state index contributed by atoms with van der Waals surface area (Å²) in [7, 11) is 0. The van der Waals surface area contributed by atoms with Crippen LogP contribution < -0.4 is 5.32 Å². The van der Waals surface area contributed by atoms with Gasteiger partial charge in [0.1, 0.15) is 0 Å². The summed E-state index contributed by atoms with van der Waals surface area (Å²) < 4.78 is 0.794. The summed E-state index contributed by atoms with van der Waals surface area (Å²) in [5, 5.41) is 3.66. The van der Waals surface area contributed by atoms with Gasteiger partial charge in [0.25, 0.3) is 5.91 Å². The number of carbonyl (C=O) groups is 1. The summed E-state index contributed by atoms with van der Waals surface area (Å²) in [4.78, 5) is 12.2. The zero-order valence-corrected chi connectivity index (χ0v) is 13.0. The van der Waals surface area contributed by atoms with Gasteiger partial charge >= 0.3 is 0 Å². The van der Waals surface area contributed by atoms with Gasteiger partial charge in [-0.3, -0.25) is 4.79 Å². The average molecular weight is 343 g/mol. The summed E-state index contributed by atoms with van der Waals surface area (Å²) in [6.45, 7) is 0.805. The molecule has 0 aromatic heterocycles. The Morgan fingerprint density at radius 2 is 2.21 bits per heavy atom. The molecular weight excluding hydrogens is 326 g/mol. The first-order valence-corrected chi connectivity index (χ1v) is 8.04. The fourth-order valence-corrected chi connectivity index (χ4v) is 4.22. The Kier molecular flexibility index (Phi) is 3.86. The first-order chi connectivity index (χ1) is 9.13. The van der Waals surface area contributed by atoms with Crippen molar-refractivity contribution in [3.05, 3.63) is 33.3 Å². The SMILES string of the molecule is O=C(NCC1CC2CCC1C2)c1cc(Cl)ccc1Br. The second kappa shape index (κ2) is 5.45. The average Bonchev–Trinajstić information content (AvgIpc) is 3.01. The third-order valence-electron chi connectivity index (χ3n) is 4.58. The normalized spacial score (nSPS) is 28.6. The van der Waals surface area contributed by atoms with Crippen LogP contribution in [-0.2, 0) is 0 Å². The second-order valence-corrected chi connectivity index (χ2v) is 7.06. The van der Waals surface area contributed by atoms with Gasteiger partial charge in [-0.15, -0.1) is 0 Å². The van der Waals surface area contributed by atoms with Crippen LogP contribution >= 0.6 is 27.5 Å². The van der Waals surface area contributed by atoms with Crippen LogP contribution in [0.15, 0.2) is 22.7 Å². The van der Waals surface area contributed by atoms with Crippen LogP contribution in [0.4, 0.5) is 0 Å². The molecule has 0 spiro atoms. The highest BCUT2D eigenvalue weighted by molar-refractivity contribution is 9.10. The predicted molar refractivity (Wildman–Crippen MR) is 80.4 cm³/mol. The van der Waals surface area contributed by atoms with Crippen molar-refractivity contribution in [1.82, 2.24) is 5.32 Å². The van der Waals surface area contributed by atoms with Crippen molar-refractivity contribution < 1.29 is 4.79 Å². The van der Waals surface area contributed by atoms with Crippen molar-refractivity contribution in [3.8, 4) is 0 Å². The topological polar surface area (TPSA) is 29.1 Å². The number of nitrogens with one attached hydrogen (secondary N) is 1. The van der Waals surface area contributed by atoms with E-state index in [1.165, 1.54) is 25.7 Å². The molecule has 3 atom stereocenters. The molecule has 2 saturated carbocycles. The van der Waals surface area contributed by atoms with Crippen molar-refractivity contribution in [3.63, 3.8) is 0 Å². The second-order valence-electron chi connectivity index (χ2n) is 5.77. The lowest BCUT2D eigenvalue weighted by Crippen LogP contribution is -2.31. The molecule has 2 aliphatic carbocycles. The summed E-state index contributed by atoms with van der Waals surface area (Å²) in [5.41, 5.74) is 0.621. The third-order valence-corrected chi connectivity index (χ3v) is 5.51. The molecule has 2 nitrogen and oxygen atoms in total. The largest absolute Gasteiger partial charge is 0.352 e. The molecule has 3 rings (SSSR count). The van der Waals surface area contributed by atoms with E-state index in [9.17, 15) is 4.79 Å². The molecule has 3 unspecified atom stereocenters. The monoisotopic (exact) mass is 341 g/mol. The quantitative estimate of drug-likeness (QED) is 0.873. The van der Waals surface area contributed by atoms with Crippen LogP contribution in [0.25, 0.3) is 0 Å². The summed E-state index contributed by atoms with van der Waals surface area (Å²) in [6, 6.07) is 5.30. The third kappa shape index (κ3) is 2.82. The number of rotatable bonds is 3. The molecule has 0 radical (unpaired) electrons. The van der Waals surface area contributed by atoms with E-state index in [2.05, 4.69) is 21.2 Å². The van der Waals surface area contributed by atoms with Gasteiger partial charge in [-0.1, -0.05) is 18.0 Å². The molecule has 2 fully saturated rings. The number of hydrogen-bond acceptors (Lipinski definition) is 1. The van der Waals surface area contributed by atoms with E-state index in [0.717, 1.165) is 22.9 Å². The first kappa shape index (κ1) is 13.4. The van der Waals surface area contributed by atoms with E-state index >= 15 is 0 Å². The summed E-state index contributed by atoms with van der Waals surface area (Å²) in [5.74, 6) is 2.41.